The molecular weight excluding hydrogens is 575 g/mol. The van der Waals surface area contributed by atoms with Gasteiger partial charge in [-0.15, -0.1) is 0 Å². The molecule has 222 valence electrons. The number of nitro groups is 1. The summed E-state index contributed by atoms with van der Waals surface area (Å²) in [7, 11) is 5.26. The second-order valence-electron chi connectivity index (χ2n) is 10.4. The zero-order chi connectivity index (χ0) is 31.2. The van der Waals surface area contributed by atoms with E-state index < -0.39 is 16.4 Å². The molecule has 45 heavy (non-hydrogen) atoms. The van der Waals surface area contributed by atoms with E-state index in [0.717, 1.165) is 45.1 Å². The second kappa shape index (κ2) is 10.8. The average Bonchev–Trinajstić information content (AvgIpc) is 3.58. The summed E-state index contributed by atoms with van der Waals surface area (Å²) in [5, 5.41) is 13.8. The third-order valence-electron chi connectivity index (χ3n) is 7.71. The van der Waals surface area contributed by atoms with Gasteiger partial charge in [-0.2, -0.15) is 4.39 Å². The highest BCUT2D eigenvalue weighted by atomic mass is 19.1. The van der Waals surface area contributed by atoms with Gasteiger partial charge >= 0.3 is 5.69 Å². The van der Waals surface area contributed by atoms with E-state index in [0.29, 0.717) is 17.3 Å². The fourth-order valence-electron chi connectivity index (χ4n) is 5.62. The van der Waals surface area contributed by atoms with Gasteiger partial charge in [-0.25, -0.2) is 19.9 Å². The molecule has 0 radical (unpaired) electrons. The number of hydrogen-bond donors (Lipinski definition) is 0. The molecule has 0 bridgehead atoms. The molecule has 0 fully saturated rings. The molecule has 0 aliphatic heterocycles. The van der Waals surface area contributed by atoms with Crippen LogP contribution < -0.4 is 9.64 Å². The SMILES string of the molecule is COc1cc(F)c([N+](=O)[O-])cc1N(c1ccnc(-c2cn(C)c3ccccc23)n1)c1nccc(-c2cn(C)c3ccccc23)n1. The van der Waals surface area contributed by atoms with Gasteiger partial charge in [-0.05, 0) is 24.3 Å². The number of halogens is 1. The van der Waals surface area contributed by atoms with Crippen LogP contribution in [0.4, 0.5) is 27.5 Å². The third kappa shape index (κ3) is 4.68. The van der Waals surface area contributed by atoms with Crippen LogP contribution >= 0.6 is 0 Å². The van der Waals surface area contributed by atoms with Gasteiger partial charge < -0.3 is 13.9 Å². The fraction of sp³-hybridized carbons (Fsp3) is 0.0909. The van der Waals surface area contributed by atoms with Crippen molar-refractivity contribution < 1.29 is 14.1 Å². The first-order chi connectivity index (χ1) is 21.8. The molecule has 0 spiro atoms. The van der Waals surface area contributed by atoms with Crippen molar-refractivity contribution in [1.29, 1.82) is 0 Å². The number of benzene rings is 3. The normalized spacial score (nSPS) is 11.3. The molecule has 11 nitrogen and oxygen atoms in total. The monoisotopic (exact) mass is 600 g/mol. The van der Waals surface area contributed by atoms with Gasteiger partial charge in [0.2, 0.25) is 11.8 Å². The lowest BCUT2D eigenvalue weighted by Gasteiger charge is -2.24. The minimum atomic E-state index is -1.04. The molecule has 7 aromatic rings. The van der Waals surface area contributed by atoms with Crippen molar-refractivity contribution in [1.82, 2.24) is 29.1 Å². The highest BCUT2D eigenvalue weighted by molar-refractivity contribution is 5.96. The van der Waals surface area contributed by atoms with Crippen molar-refractivity contribution >= 4 is 44.9 Å². The Balaban J connectivity index is 1.46. The molecular formula is C33H25FN8O3. The van der Waals surface area contributed by atoms with Crippen molar-refractivity contribution in [2.45, 2.75) is 0 Å². The zero-order valence-electron chi connectivity index (χ0n) is 24.4. The first kappa shape index (κ1) is 27.7. The van der Waals surface area contributed by atoms with Crippen LogP contribution in [0, 0.1) is 15.9 Å². The average molecular weight is 601 g/mol. The van der Waals surface area contributed by atoms with Gasteiger partial charge in [-0.1, -0.05) is 36.4 Å². The first-order valence-corrected chi connectivity index (χ1v) is 13.9. The van der Waals surface area contributed by atoms with E-state index in [4.69, 9.17) is 14.7 Å². The molecule has 0 N–H and O–H groups in total. The smallest absolute Gasteiger partial charge is 0.307 e. The molecule has 0 aliphatic rings. The predicted molar refractivity (Wildman–Crippen MR) is 169 cm³/mol. The van der Waals surface area contributed by atoms with Gasteiger partial charge in [0.05, 0.1) is 23.4 Å². The van der Waals surface area contributed by atoms with E-state index in [1.165, 1.54) is 12.0 Å². The van der Waals surface area contributed by atoms with E-state index in [-0.39, 0.29) is 17.4 Å². The molecule has 0 unspecified atom stereocenters. The minimum Gasteiger partial charge on any atom is -0.494 e. The number of para-hydroxylation sites is 2. The Hall–Kier alpha value is -6.17. The number of nitrogens with zero attached hydrogens (tertiary/aromatic N) is 8. The van der Waals surface area contributed by atoms with Gasteiger partial charge in [-0.3, -0.25) is 15.0 Å². The molecule has 0 amide bonds. The Kier molecular flexibility index (Phi) is 6.66. The van der Waals surface area contributed by atoms with Crippen LogP contribution in [0.3, 0.4) is 0 Å². The predicted octanol–water partition coefficient (Wildman–Crippen LogP) is 7.11. The van der Waals surface area contributed by atoms with Crippen LogP contribution in [0.25, 0.3) is 44.5 Å². The number of rotatable bonds is 7. The van der Waals surface area contributed by atoms with Crippen molar-refractivity contribution in [2.24, 2.45) is 14.1 Å². The standard InChI is InChI=1S/C33H25FN8O3/c1-39-18-22(20-8-4-6-10-26(20)39)25-12-14-36-33(37-25)41(29-17-28(42(43)44)24(34)16-30(29)45-3)31-13-15-35-32(38-31)23-19-40(2)27-11-7-5-9-21(23)27/h4-19H,1-3H3. The third-order valence-corrected chi connectivity index (χ3v) is 7.71. The summed E-state index contributed by atoms with van der Waals surface area (Å²) in [5.74, 6) is -0.160. The maximum absolute atomic E-state index is 14.8. The molecule has 0 saturated heterocycles. The number of hydrogen-bond acceptors (Lipinski definition) is 8. The maximum Gasteiger partial charge on any atom is 0.307 e. The van der Waals surface area contributed by atoms with Crippen molar-refractivity contribution in [3.8, 4) is 28.4 Å². The lowest BCUT2D eigenvalue weighted by atomic mass is 10.1. The van der Waals surface area contributed by atoms with Crippen LogP contribution in [0.15, 0.2) is 97.6 Å². The molecule has 4 heterocycles. The topological polar surface area (TPSA) is 117 Å². The Morgan fingerprint density at radius 2 is 1.49 bits per heavy atom. The van der Waals surface area contributed by atoms with Crippen molar-refractivity contribution in [3.05, 3.63) is 114 Å². The summed E-state index contributed by atoms with van der Waals surface area (Å²) in [5.41, 5.74) is 3.69. The van der Waals surface area contributed by atoms with Gasteiger partial charge in [0.15, 0.2) is 5.82 Å². The molecule has 7 rings (SSSR count). The van der Waals surface area contributed by atoms with Crippen molar-refractivity contribution in [3.63, 3.8) is 0 Å². The van der Waals surface area contributed by atoms with E-state index in [2.05, 4.69) is 9.97 Å². The molecule has 0 saturated carbocycles. The summed E-state index contributed by atoms with van der Waals surface area (Å²) in [6.45, 7) is 0. The highest BCUT2D eigenvalue weighted by Gasteiger charge is 2.28. The first-order valence-electron chi connectivity index (χ1n) is 13.9. The van der Waals surface area contributed by atoms with Crippen LogP contribution in [-0.4, -0.2) is 41.1 Å². The lowest BCUT2D eigenvalue weighted by molar-refractivity contribution is -0.387. The van der Waals surface area contributed by atoms with Gasteiger partial charge in [0.25, 0.3) is 0 Å². The number of aromatic nitrogens is 6. The number of fused-ring (bicyclic) bond motifs is 2. The Morgan fingerprint density at radius 1 is 0.844 bits per heavy atom. The number of ether oxygens (including phenoxy) is 1. The van der Waals surface area contributed by atoms with Crippen molar-refractivity contribution in [2.75, 3.05) is 12.0 Å². The summed E-state index contributed by atoms with van der Waals surface area (Å²) < 4.78 is 24.3. The van der Waals surface area contributed by atoms with E-state index in [1.54, 1.807) is 24.5 Å². The zero-order valence-corrected chi connectivity index (χ0v) is 24.4. The fourth-order valence-corrected chi connectivity index (χ4v) is 5.62. The van der Waals surface area contributed by atoms with Crippen LogP contribution in [0.5, 0.6) is 5.75 Å². The minimum absolute atomic E-state index is 0.0302. The quantitative estimate of drug-likeness (QED) is 0.140. The lowest BCUT2D eigenvalue weighted by Crippen LogP contribution is -2.17. The van der Waals surface area contributed by atoms with Crippen LogP contribution in [-0.2, 0) is 14.1 Å². The van der Waals surface area contributed by atoms with Gasteiger partial charge in [0, 0.05) is 83.9 Å². The van der Waals surface area contributed by atoms with Crippen LogP contribution in [0.2, 0.25) is 0 Å². The highest BCUT2D eigenvalue weighted by Crippen LogP contribution is 2.42. The van der Waals surface area contributed by atoms with Gasteiger partial charge in [0.1, 0.15) is 11.6 Å². The Bertz CT molecular complexity index is 2140. The largest absolute Gasteiger partial charge is 0.494 e. The molecule has 12 heteroatoms. The molecule has 0 atom stereocenters. The maximum atomic E-state index is 14.8. The number of methoxy groups -OCH3 is 1. The summed E-state index contributed by atoms with van der Waals surface area (Å²) in [4.78, 5) is 31.5. The number of anilines is 3. The van der Waals surface area contributed by atoms with E-state index >= 15 is 0 Å². The molecule has 3 aromatic carbocycles. The summed E-state index contributed by atoms with van der Waals surface area (Å²) >= 11 is 0. The summed E-state index contributed by atoms with van der Waals surface area (Å²) in [6, 6.07) is 21.3. The molecule has 4 aromatic heterocycles. The second-order valence-corrected chi connectivity index (χ2v) is 10.4. The Labute approximate surface area is 256 Å². The van der Waals surface area contributed by atoms with Crippen LogP contribution in [0.1, 0.15) is 0 Å². The molecule has 0 aliphatic carbocycles. The Morgan fingerprint density at radius 3 is 2.18 bits per heavy atom. The number of aryl methyl sites for hydroxylation is 2. The number of nitro benzene ring substituents is 1. The van der Waals surface area contributed by atoms with E-state index in [1.807, 2.05) is 84.2 Å². The summed E-state index contributed by atoms with van der Waals surface area (Å²) in [6.07, 6.45) is 7.11. The van der Waals surface area contributed by atoms with E-state index in [9.17, 15) is 14.5 Å².